The molecule has 0 amide bonds. The lowest BCUT2D eigenvalue weighted by Crippen LogP contribution is -2.26. The minimum atomic E-state index is -0.260. The van der Waals surface area contributed by atoms with Gasteiger partial charge >= 0.3 is 0 Å². The summed E-state index contributed by atoms with van der Waals surface area (Å²) < 4.78 is 7.41. The van der Waals surface area contributed by atoms with Gasteiger partial charge in [-0.3, -0.25) is 0 Å². The Balaban J connectivity index is 2.31. The Morgan fingerprint density at radius 2 is 2.22 bits per heavy atom. The fraction of sp³-hybridized carbons (Fsp3) is 0.643. The molecule has 1 aliphatic carbocycles. The molecule has 4 nitrogen and oxygen atoms in total. The molecule has 4 heteroatoms. The Morgan fingerprint density at radius 3 is 2.72 bits per heavy atom. The number of nitrogen functional groups attached to an aromatic ring is 1. The van der Waals surface area contributed by atoms with Crippen molar-refractivity contribution in [3.05, 3.63) is 11.5 Å². The number of hydrogen-bond acceptors (Lipinski definition) is 3. The molecule has 1 heterocycles. The van der Waals surface area contributed by atoms with Gasteiger partial charge in [0.2, 0.25) is 0 Å². The molecule has 0 atom stereocenters. The van der Waals surface area contributed by atoms with Crippen molar-refractivity contribution in [2.45, 2.75) is 51.2 Å². The minimum Gasteiger partial charge on any atom is -0.384 e. The molecule has 1 aromatic rings. The third-order valence-corrected chi connectivity index (χ3v) is 3.45. The van der Waals surface area contributed by atoms with Gasteiger partial charge in [0.15, 0.2) is 0 Å². The molecule has 18 heavy (non-hydrogen) atoms. The summed E-state index contributed by atoms with van der Waals surface area (Å²) in [5, 5.41) is 0. The summed E-state index contributed by atoms with van der Waals surface area (Å²) in [4.78, 5) is 4.69. The van der Waals surface area contributed by atoms with Crippen LogP contribution in [0.2, 0.25) is 0 Å². The molecule has 0 unspecified atom stereocenters. The first kappa shape index (κ1) is 13.0. The van der Waals surface area contributed by atoms with Crippen LogP contribution in [0.15, 0.2) is 0 Å². The first-order chi connectivity index (χ1) is 8.48. The van der Waals surface area contributed by atoms with Crippen LogP contribution in [0, 0.1) is 12.3 Å². The second-order valence-corrected chi connectivity index (χ2v) is 5.51. The van der Waals surface area contributed by atoms with E-state index < -0.39 is 0 Å². The zero-order valence-electron chi connectivity index (χ0n) is 11.4. The van der Waals surface area contributed by atoms with Crippen LogP contribution in [0.1, 0.15) is 44.1 Å². The molecule has 0 bridgehead atoms. The lowest BCUT2D eigenvalue weighted by Gasteiger charge is -2.21. The normalized spacial score (nSPS) is 15.7. The molecule has 1 saturated carbocycles. The van der Waals surface area contributed by atoms with Gasteiger partial charge in [-0.05, 0) is 26.7 Å². The second kappa shape index (κ2) is 4.66. The Morgan fingerprint density at radius 1 is 1.56 bits per heavy atom. The van der Waals surface area contributed by atoms with E-state index >= 15 is 0 Å². The van der Waals surface area contributed by atoms with Crippen molar-refractivity contribution in [3.63, 3.8) is 0 Å². The van der Waals surface area contributed by atoms with Crippen molar-refractivity contribution in [2.24, 2.45) is 0 Å². The summed E-state index contributed by atoms with van der Waals surface area (Å²) in [6.07, 6.45) is 8.48. The second-order valence-electron chi connectivity index (χ2n) is 5.51. The average molecular weight is 247 g/mol. The van der Waals surface area contributed by atoms with Crippen molar-refractivity contribution in [1.29, 1.82) is 0 Å². The van der Waals surface area contributed by atoms with E-state index in [1.54, 1.807) is 7.11 Å². The van der Waals surface area contributed by atoms with Crippen molar-refractivity contribution in [1.82, 2.24) is 9.55 Å². The number of anilines is 1. The van der Waals surface area contributed by atoms with Crippen LogP contribution in [-0.4, -0.2) is 22.3 Å². The van der Waals surface area contributed by atoms with E-state index in [0.29, 0.717) is 24.7 Å². The summed E-state index contributed by atoms with van der Waals surface area (Å²) in [5.41, 5.74) is 6.81. The van der Waals surface area contributed by atoms with E-state index in [4.69, 9.17) is 16.9 Å². The predicted octanol–water partition coefficient (Wildman–Crippen LogP) is 1.94. The lowest BCUT2D eigenvalue weighted by molar-refractivity contribution is 0.0226. The van der Waals surface area contributed by atoms with Gasteiger partial charge in [0.05, 0.1) is 17.8 Å². The first-order valence-corrected chi connectivity index (χ1v) is 6.32. The number of ether oxygens (including phenoxy) is 1. The predicted molar refractivity (Wildman–Crippen MR) is 72.2 cm³/mol. The number of imidazole rings is 1. The number of terminal acetylenes is 1. The van der Waals surface area contributed by atoms with Gasteiger partial charge in [-0.1, -0.05) is 5.92 Å². The van der Waals surface area contributed by atoms with Gasteiger partial charge in [-0.25, -0.2) is 4.98 Å². The smallest absolute Gasteiger partial charge is 0.127 e. The summed E-state index contributed by atoms with van der Waals surface area (Å²) in [6, 6.07) is 0. The number of rotatable bonds is 5. The van der Waals surface area contributed by atoms with Crippen molar-refractivity contribution < 1.29 is 4.74 Å². The molecular formula is C14H21N3O. The molecule has 1 fully saturated rings. The van der Waals surface area contributed by atoms with Gasteiger partial charge in [-0.15, -0.1) is 6.42 Å². The SMILES string of the molecule is C#CCn1c(C2CC2)nc(CC(C)(C)OC)c1N. The molecule has 1 aliphatic rings. The standard InChI is InChI=1S/C14H21N3O/c1-5-8-17-12(15)11(9-14(2,3)18-4)16-13(17)10-6-7-10/h1,10H,6-9,15H2,2-4H3. The van der Waals surface area contributed by atoms with E-state index in [1.807, 2.05) is 18.4 Å². The van der Waals surface area contributed by atoms with E-state index in [1.165, 1.54) is 12.8 Å². The summed E-state index contributed by atoms with van der Waals surface area (Å²) in [5.74, 6) is 4.93. The largest absolute Gasteiger partial charge is 0.384 e. The topological polar surface area (TPSA) is 53.1 Å². The van der Waals surface area contributed by atoms with Gasteiger partial charge in [0.25, 0.3) is 0 Å². The highest BCUT2D eigenvalue weighted by Crippen LogP contribution is 2.41. The van der Waals surface area contributed by atoms with Crippen LogP contribution in [0.25, 0.3) is 0 Å². The molecule has 2 rings (SSSR count). The zero-order chi connectivity index (χ0) is 13.3. The molecule has 0 radical (unpaired) electrons. The number of methoxy groups -OCH3 is 1. The summed E-state index contributed by atoms with van der Waals surface area (Å²) in [7, 11) is 1.70. The Kier molecular flexibility index (Phi) is 3.36. The van der Waals surface area contributed by atoms with E-state index in [-0.39, 0.29) is 5.60 Å². The van der Waals surface area contributed by atoms with Gasteiger partial charge in [0, 0.05) is 19.4 Å². The van der Waals surface area contributed by atoms with Crippen LogP contribution in [0.3, 0.4) is 0 Å². The monoisotopic (exact) mass is 247 g/mol. The maximum atomic E-state index is 6.17. The number of hydrogen-bond donors (Lipinski definition) is 1. The van der Waals surface area contributed by atoms with Gasteiger partial charge in [-0.2, -0.15) is 0 Å². The van der Waals surface area contributed by atoms with Crippen molar-refractivity contribution in [2.75, 3.05) is 12.8 Å². The van der Waals surface area contributed by atoms with Crippen LogP contribution < -0.4 is 5.73 Å². The van der Waals surface area contributed by atoms with Crippen molar-refractivity contribution in [3.8, 4) is 12.3 Å². The third-order valence-electron chi connectivity index (χ3n) is 3.45. The number of aromatic nitrogens is 2. The van der Waals surface area contributed by atoms with Crippen LogP contribution in [0.5, 0.6) is 0 Å². The fourth-order valence-corrected chi connectivity index (χ4v) is 2.05. The average Bonchev–Trinajstić information content (AvgIpc) is 3.11. The van der Waals surface area contributed by atoms with Crippen molar-refractivity contribution >= 4 is 5.82 Å². The highest BCUT2D eigenvalue weighted by atomic mass is 16.5. The van der Waals surface area contributed by atoms with Crippen LogP contribution in [0.4, 0.5) is 5.82 Å². The van der Waals surface area contributed by atoms with Gasteiger partial charge < -0.3 is 15.0 Å². The van der Waals surface area contributed by atoms with E-state index in [9.17, 15) is 0 Å². The Bertz CT molecular complexity index is 478. The Labute approximate surface area is 109 Å². The fourth-order valence-electron chi connectivity index (χ4n) is 2.05. The molecule has 0 aliphatic heterocycles. The maximum absolute atomic E-state index is 6.17. The molecule has 0 aromatic carbocycles. The summed E-state index contributed by atoms with van der Waals surface area (Å²) in [6.45, 7) is 4.56. The summed E-state index contributed by atoms with van der Waals surface area (Å²) >= 11 is 0. The van der Waals surface area contributed by atoms with E-state index in [0.717, 1.165) is 11.5 Å². The number of nitrogens with zero attached hydrogens (tertiary/aromatic N) is 2. The van der Waals surface area contributed by atoms with Crippen LogP contribution >= 0.6 is 0 Å². The zero-order valence-corrected chi connectivity index (χ0v) is 11.4. The minimum absolute atomic E-state index is 0.260. The molecule has 0 spiro atoms. The highest BCUT2D eigenvalue weighted by molar-refractivity contribution is 5.41. The quantitative estimate of drug-likeness (QED) is 0.809. The maximum Gasteiger partial charge on any atom is 0.127 e. The van der Waals surface area contributed by atoms with Gasteiger partial charge in [0.1, 0.15) is 11.6 Å². The highest BCUT2D eigenvalue weighted by Gasteiger charge is 2.31. The lowest BCUT2D eigenvalue weighted by atomic mass is 10.0. The molecule has 0 saturated heterocycles. The Hall–Kier alpha value is -1.47. The molecule has 1 aromatic heterocycles. The molecule has 98 valence electrons. The van der Waals surface area contributed by atoms with Crippen LogP contribution in [-0.2, 0) is 17.7 Å². The molecular weight excluding hydrogens is 226 g/mol. The third kappa shape index (κ3) is 2.51. The number of nitrogens with two attached hydrogens (primary N) is 1. The first-order valence-electron chi connectivity index (χ1n) is 6.32. The molecule has 2 N–H and O–H groups in total. The van der Waals surface area contributed by atoms with E-state index in [2.05, 4.69) is 10.9 Å².